The van der Waals surface area contributed by atoms with E-state index >= 15 is 0 Å². The zero-order valence-corrected chi connectivity index (χ0v) is 13.5. The number of ether oxygens (including phenoxy) is 1. The van der Waals surface area contributed by atoms with E-state index in [4.69, 9.17) is 16.3 Å². The Morgan fingerprint density at radius 1 is 1.48 bits per heavy atom. The maximum Gasteiger partial charge on any atom is 0.305 e. The quantitative estimate of drug-likeness (QED) is 0.598. The van der Waals surface area contributed by atoms with Crippen molar-refractivity contribution in [2.75, 3.05) is 6.61 Å². The molecular formula is C16H21ClN2O2. The number of nitrogens with zero attached hydrogens (tertiary/aromatic N) is 2. The normalized spacial score (nSPS) is 12.6. The van der Waals surface area contributed by atoms with Crippen LogP contribution in [-0.2, 0) is 16.1 Å². The highest BCUT2D eigenvalue weighted by molar-refractivity contribution is 6.20. The van der Waals surface area contributed by atoms with E-state index in [0.29, 0.717) is 19.6 Å². The number of alkyl halides is 1. The van der Waals surface area contributed by atoms with Crippen LogP contribution in [0.25, 0.3) is 11.0 Å². The molecule has 5 heteroatoms. The number of halogens is 1. The number of carbonyl (C=O) groups excluding carboxylic acids is 1. The smallest absolute Gasteiger partial charge is 0.305 e. The van der Waals surface area contributed by atoms with Crippen molar-refractivity contribution in [2.24, 2.45) is 0 Å². The summed E-state index contributed by atoms with van der Waals surface area (Å²) < 4.78 is 7.07. The minimum Gasteiger partial charge on any atom is -0.466 e. The SMILES string of the molecule is CCOC(=O)CCCn1c(C(C)Cl)nc2ccc(C)cc21. The standard InChI is InChI=1S/C16H21ClN2O2/c1-4-21-15(20)6-5-9-19-14-10-11(2)7-8-13(14)18-16(19)12(3)17/h7-8,10,12H,4-6,9H2,1-3H3. The van der Waals surface area contributed by atoms with Crippen molar-refractivity contribution in [1.29, 1.82) is 0 Å². The molecule has 0 N–H and O–H groups in total. The summed E-state index contributed by atoms with van der Waals surface area (Å²) in [7, 11) is 0. The van der Waals surface area contributed by atoms with E-state index in [1.165, 1.54) is 5.56 Å². The number of rotatable bonds is 6. The van der Waals surface area contributed by atoms with Crippen molar-refractivity contribution >= 4 is 28.6 Å². The van der Waals surface area contributed by atoms with Gasteiger partial charge < -0.3 is 9.30 Å². The topological polar surface area (TPSA) is 44.1 Å². The fourth-order valence-corrected chi connectivity index (χ4v) is 2.57. The molecule has 0 radical (unpaired) electrons. The summed E-state index contributed by atoms with van der Waals surface area (Å²) in [5.74, 6) is 0.694. The third-order valence-corrected chi connectivity index (χ3v) is 3.55. The van der Waals surface area contributed by atoms with Crippen LogP contribution in [0.15, 0.2) is 18.2 Å². The molecule has 1 heterocycles. The van der Waals surface area contributed by atoms with Gasteiger partial charge in [-0.15, -0.1) is 11.6 Å². The maximum atomic E-state index is 11.4. The molecule has 2 aromatic rings. The molecule has 1 aromatic carbocycles. The Morgan fingerprint density at radius 3 is 2.90 bits per heavy atom. The van der Waals surface area contributed by atoms with Gasteiger partial charge in [0, 0.05) is 13.0 Å². The Balaban J connectivity index is 2.22. The summed E-state index contributed by atoms with van der Waals surface area (Å²) in [6.45, 7) is 6.93. The van der Waals surface area contributed by atoms with E-state index in [1.807, 2.05) is 26.0 Å². The van der Waals surface area contributed by atoms with Crippen molar-refractivity contribution in [1.82, 2.24) is 9.55 Å². The molecule has 0 aliphatic heterocycles. The van der Waals surface area contributed by atoms with Gasteiger partial charge in [-0.1, -0.05) is 6.07 Å². The molecule has 1 atom stereocenters. The average Bonchev–Trinajstić information content (AvgIpc) is 2.78. The van der Waals surface area contributed by atoms with Crippen molar-refractivity contribution in [3.63, 3.8) is 0 Å². The van der Waals surface area contributed by atoms with Gasteiger partial charge >= 0.3 is 5.97 Å². The van der Waals surface area contributed by atoms with Gasteiger partial charge in [-0.2, -0.15) is 0 Å². The molecule has 0 spiro atoms. The molecule has 0 aliphatic carbocycles. The van der Waals surface area contributed by atoms with Crippen LogP contribution in [0.3, 0.4) is 0 Å². The summed E-state index contributed by atoms with van der Waals surface area (Å²) >= 11 is 6.24. The fourth-order valence-electron chi connectivity index (χ4n) is 2.40. The van der Waals surface area contributed by atoms with E-state index < -0.39 is 0 Å². The van der Waals surface area contributed by atoms with E-state index in [-0.39, 0.29) is 11.3 Å². The monoisotopic (exact) mass is 308 g/mol. The Kier molecular flexibility index (Phi) is 5.23. The molecule has 21 heavy (non-hydrogen) atoms. The predicted molar refractivity (Wildman–Crippen MR) is 84.6 cm³/mol. The fraction of sp³-hybridized carbons (Fsp3) is 0.500. The van der Waals surface area contributed by atoms with Crippen LogP contribution in [0.5, 0.6) is 0 Å². The first-order valence-electron chi connectivity index (χ1n) is 7.29. The highest BCUT2D eigenvalue weighted by atomic mass is 35.5. The molecule has 0 fully saturated rings. The highest BCUT2D eigenvalue weighted by Gasteiger charge is 2.15. The van der Waals surface area contributed by atoms with Gasteiger partial charge in [-0.3, -0.25) is 4.79 Å². The number of benzene rings is 1. The summed E-state index contributed by atoms with van der Waals surface area (Å²) in [4.78, 5) is 16.0. The summed E-state index contributed by atoms with van der Waals surface area (Å²) in [5, 5.41) is -0.166. The number of hydrogen-bond acceptors (Lipinski definition) is 3. The zero-order chi connectivity index (χ0) is 15.4. The summed E-state index contributed by atoms with van der Waals surface area (Å²) in [5.41, 5.74) is 3.20. The Labute approximate surface area is 130 Å². The lowest BCUT2D eigenvalue weighted by Crippen LogP contribution is -2.08. The molecule has 0 saturated heterocycles. The predicted octanol–water partition coefficient (Wildman–Crippen LogP) is 3.99. The number of hydrogen-bond donors (Lipinski definition) is 0. The van der Waals surface area contributed by atoms with Crippen LogP contribution in [0, 0.1) is 6.92 Å². The summed E-state index contributed by atoms with van der Waals surface area (Å²) in [6, 6.07) is 6.16. The van der Waals surface area contributed by atoms with E-state index in [1.54, 1.807) is 0 Å². The molecule has 0 amide bonds. The van der Waals surface area contributed by atoms with Crippen molar-refractivity contribution in [3.05, 3.63) is 29.6 Å². The number of esters is 1. The second kappa shape index (κ2) is 6.94. The third-order valence-electron chi connectivity index (χ3n) is 3.36. The Hall–Kier alpha value is -1.55. The molecule has 0 bridgehead atoms. The largest absolute Gasteiger partial charge is 0.466 e. The first-order chi connectivity index (χ1) is 10.0. The molecule has 0 saturated carbocycles. The zero-order valence-electron chi connectivity index (χ0n) is 12.7. The minimum absolute atomic E-state index is 0.154. The molecule has 114 valence electrons. The number of aryl methyl sites for hydroxylation is 2. The minimum atomic E-state index is -0.166. The van der Waals surface area contributed by atoms with Crippen molar-refractivity contribution < 1.29 is 9.53 Å². The van der Waals surface area contributed by atoms with Gasteiger partial charge in [-0.05, 0) is 44.9 Å². The lowest BCUT2D eigenvalue weighted by Gasteiger charge is -2.10. The second-order valence-electron chi connectivity index (χ2n) is 5.14. The maximum absolute atomic E-state index is 11.4. The van der Waals surface area contributed by atoms with E-state index in [0.717, 1.165) is 23.3 Å². The molecule has 4 nitrogen and oxygen atoms in total. The van der Waals surface area contributed by atoms with Gasteiger partial charge in [0.05, 0.1) is 23.0 Å². The van der Waals surface area contributed by atoms with Crippen molar-refractivity contribution in [3.8, 4) is 0 Å². The lowest BCUT2D eigenvalue weighted by atomic mass is 10.2. The third kappa shape index (κ3) is 3.76. The second-order valence-corrected chi connectivity index (χ2v) is 5.79. The molecular weight excluding hydrogens is 288 g/mol. The van der Waals surface area contributed by atoms with Gasteiger partial charge in [0.2, 0.25) is 0 Å². The van der Waals surface area contributed by atoms with E-state index in [9.17, 15) is 4.79 Å². The average molecular weight is 309 g/mol. The van der Waals surface area contributed by atoms with Crippen LogP contribution in [0.2, 0.25) is 0 Å². The Morgan fingerprint density at radius 2 is 2.24 bits per heavy atom. The van der Waals surface area contributed by atoms with E-state index in [2.05, 4.69) is 22.5 Å². The molecule has 2 rings (SSSR count). The highest BCUT2D eigenvalue weighted by Crippen LogP contribution is 2.25. The number of imidazole rings is 1. The van der Waals surface area contributed by atoms with Crippen LogP contribution >= 0.6 is 11.6 Å². The van der Waals surface area contributed by atoms with Crippen LogP contribution in [0.4, 0.5) is 0 Å². The van der Waals surface area contributed by atoms with Gasteiger partial charge in [-0.25, -0.2) is 4.98 Å². The molecule has 1 unspecified atom stereocenters. The van der Waals surface area contributed by atoms with Gasteiger partial charge in [0.15, 0.2) is 0 Å². The molecule has 0 aliphatic rings. The van der Waals surface area contributed by atoms with Crippen LogP contribution in [-0.4, -0.2) is 22.1 Å². The van der Waals surface area contributed by atoms with Crippen LogP contribution in [0.1, 0.15) is 43.5 Å². The molecule has 1 aromatic heterocycles. The lowest BCUT2D eigenvalue weighted by molar-refractivity contribution is -0.143. The van der Waals surface area contributed by atoms with Crippen molar-refractivity contribution in [2.45, 2.75) is 45.5 Å². The number of fused-ring (bicyclic) bond motifs is 1. The number of aromatic nitrogens is 2. The van der Waals surface area contributed by atoms with Crippen LogP contribution < -0.4 is 0 Å². The number of carbonyl (C=O) groups is 1. The summed E-state index contributed by atoms with van der Waals surface area (Å²) in [6.07, 6.45) is 1.13. The Bertz CT molecular complexity index is 634. The first kappa shape index (κ1) is 15.8. The van der Waals surface area contributed by atoms with Gasteiger partial charge in [0.25, 0.3) is 0 Å². The first-order valence-corrected chi connectivity index (χ1v) is 7.73. The van der Waals surface area contributed by atoms with Gasteiger partial charge in [0.1, 0.15) is 5.82 Å².